The molecule has 106 valence electrons. The molecule has 1 saturated heterocycles. The summed E-state index contributed by atoms with van der Waals surface area (Å²) < 4.78 is 5.04. The van der Waals surface area contributed by atoms with E-state index in [1.807, 2.05) is 12.1 Å². The molecule has 1 aromatic rings. The van der Waals surface area contributed by atoms with Gasteiger partial charge in [0, 0.05) is 32.0 Å². The number of pyridine rings is 1. The van der Waals surface area contributed by atoms with Crippen LogP contribution in [0.1, 0.15) is 25.3 Å². The molecular weight excluding hydrogens is 254 g/mol. The lowest BCUT2D eigenvalue weighted by atomic mass is 9.80. The molecule has 5 heteroatoms. The number of nitrogens with zero attached hydrogens (tertiary/aromatic N) is 3. The van der Waals surface area contributed by atoms with Crippen molar-refractivity contribution in [3.63, 3.8) is 0 Å². The molecule has 2 rings (SSSR count). The van der Waals surface area contributed by atoms with Gasteiger partial charge in [0.25, 0.3) is 0 Å². The van der Waals surface area contributed by atoms with Gasteiger partial charge in [0.15, 0.2) is 5.41 Å². The van der Waals surface area contributed by atoms with Crippen LogP contribution in [0.4, 0.5) is 0 Å². The molecule has 0 aromatic carbocycles. The van der Waals surface area contributed by atoms with Crippen LogP contribution in [-0.2, 0) is 16.1 Å². The van der Waals surface area contributed by atoms with Crippen LogP contribution >= 0.6 is 0 Å². The Morgan fingerprint density at radius 3 is 2.65 bits per heavy atom. The molecule has 5 nitrogen and oxygen atoms in total. The van der Waals surface area contributed by atoms with Gasteiger partial charge in [0.2, 0.25) is 0 Å². The SMILES string of the molecule is CCOC(=O)C1(C#N)CCN(Cc2ccncc2)CC1. The number of esters is 1. The molecule has 0 radical (unpaired) electrons. The summed E-state index contributed by atoms with van der Waals surface area (Å²) in [6.45, 7) is 4.38. The molecule has 20 heavy (non-hydrogen) atoms. The molecule has 0 aliphatic carbocycles. The van der Waals surface area contributed by atoms with Crippen molar-refractivity contribution in [2.75, 3.05) is 19.7 Å². The molecule has 0 spiro atoms. The molecule has 0 bridgehead atoms. The maximum Gasteiger partial charge on any atom is 0.326 e. The van der Waals surface area contributed by atoms with E-state index in [-0.39, 0.29) is 5.97 Å². The fraction of sp³-hybridized carbons (Fsp3) is 0.533. The third-order valence-electron chi connectivity index (χ3n) is 3.75. The summed E-state index contributed by atoms with van der Waals surface area (Å²) in [6, 6.07) is 6.14. The van der Waals surface area contributed by atoms with E-state index in [9.17, 15) is 10.1 Å². The number of ether oxygens (including phenoxy) is 1. The first-order valence-corrected chi connectivity index (χ1v) is 6.90. The summed E-state index contributed by atoms with van der Waals surface area (Å²) in [5.41, 5.74) is 0.241. The zero-order valence-electron chi connectivity index (χ0n) is 11.7. The van der Waals surface area contributed by atoms with Gasteiger partial charge >= 0.3 is 5.97 Å². The van der Waals surface area contributed by atoms with Gasteiger partial charge in [-0.3, -0.25) is 14.7 Å². The van der Waals surface area contributed by atoms with Crippen LogP contribution in [-0.4, -0.2) is 35.5 Å². The van der Waals surface area contributed by atoms with E-state index in [2.05, 4.69) is 16.0 Å². The molecule has 1 aliphatic heterocycles. The number of hydrogen-bond donors (Lipinski definition) is 0. The van der Waals surface area contributed by atoms with E-state index in [0.29, 0.717) is 19.4 Å². The van der Waals surface area contributed by atoms with Crippen LogP contribution in [0, 0.1) is 16.7 Å². The predicted octanol–water partition coefficient (Wildman–Crippen LogP) is 1.75. The summed E-state index contributed by atoms with van der Waals surface area (Å²) in [5.74, 6) is -0.369. The lowest BCUT2D eigenvalue weighted by molar-refractivity contribution is -0.154. The minimum Gasteiger partial charge on any atom is -0.465 e. The van der Waals surface area contributed by atoms with Gasteiger partial charge in [-0.1, -0.05) is 0 Å². The van der Waals surface area contributed by atoms with Crippen molar-refractivity contribution < 1.29 is 9.53 Å². The molecule has 1 fully saturated rings. The van der Waals surface area contributed by atoms with Gasteiger partial charge in [-0.05, 0) is 37.5 Å². The van der Waals surface area contributed by atoms with Crippen LogP contribution in [0.25, 0.3) is 0 Å². The third kappa shape index (κ3) is 3.14. The van der Waals surface area contributed by atoms with E-state index >= 15 is 0 Å². The fourth-order valence-electron chi connectivity index (χ4n) is 2.47. The molecular formula is C15H19N3O2. The summed E-state index contributed by atoms with van der Waals surface area (Å²) in [5, 5.41) is 9.34. The minimum atomic E-state index is -0.954. The number of likely N-dealkylation sites (tertiary alicyclic amines) is 1. The number of carbonyl (C=O) groups is 1. The molecule has 1 aromatic heterocycles. The largest absolute Gasteiger partial charge is 0.465 e. The van der Waals surface area contributed by atoms with Crippen molar-refractivity contribution in [1.29, 1.82) is 5.26 Å². The van der Waals surface area contributed by atoms with E-state index in [1.165, 1.54) is 5.56 Å². The first-order valence-electron chi connectivity index (χ1n) is 6.90. The quantitative estimate of drug-likeness (QED) is 0.782. The van der Waals surface area contributed by atoms with Gasteiger partial charge < -0.3 is 4.74 Å². The highest BCUT2D eigenvalue weighted by atomic mass is 16.5. The van der Waals surface area contributed by atoms with Crippen LogP contribution in [0.5, 0.6) is 0 Å². The summed E-state index contributed by atoms with van der Waals surface area (Å²) in [6.07, 6.45) is 4.62. The smallest absolute Gasteiger partial charge is 0.326 e. The Morgan fingerprint density at radius 1 is 1.45 bits per heavy atom. The Morgan fingerprint density at radius 2 is 2.10 bits per heavy atom. The van der Waals surface area contributed by atoms with Gasteiger partial charge in [-0.25, -0.2) is 0 Å². The normalized spacial score (nSPS) is 18.2. The number of nitriles is 1. The average molecular weight is 273 g/mol. The standard InChI is InChI=1S/C15H19N3O2/c1-2-20-14(19)15(12-16)5-9-18(10-6-15)11-13-3-7-17-8-4-13/h3-4,7-8H,2,5-6,9-11H2,1H3. The summed E-state index contributed by atoms with van der Waals surface area (Å²) >= 11 is 0. The molecule has 1 aliphatic rings. The van der Waals surface area contributed by atoms with Crippen LogP contribution < -0.4 is 0 Å². The Balaban J connectivity index is 1.94. The van der Waals surface area contributed by atoms with Crippen LogP contribution in [0.15, 0.2) is 24.5 Å². The first-order chi connectivity index (χ1) is 9.70. The maximum absolute atomic E-state index is 11.9. The third-order valence-corrected chi connectivity index (χ3v) is 3.75. The van der Waals surface area contributed by atoms with Gasteiger partial charge in [0.05, 0.1) is 12.7 Å². The zero-order chi connectivity index (χ0) is 14.4. The highest BCUT2D eigenvalue weighted by molar-refractivity contribution is 5.80. The maximum atomic E-state index is 11.9. The van der Waals surface area contributed by atoms with Crippen LogP contribution in [0.2, 0.25) is 0 Å². The van der Waals surface area contributed by atoms with Gasteiger partial charge in [-0.2, -0.15) is 5.26 Å². The lowest BCUT2D eigenvalue weighted by Crippen LogP contribution is -2.44. The van der Waals surface area contributed by atoms with Gasteiger partial charge in [0.1, 0.15) is 0 Å². The highest BCUT2D eigenvalue weighted by Gasteiger charge is 2.43. The number of hydrogen-bond acceptors (Lipinski definition) is 5. The molecule has 0 atom stereocenters. The first kappa shape index (κ1) is 14.5. The lowest BCUT2D eigenvalue weighted by Gasteiger charge is -2.35. The Bertz CT molecular complexity index is 488. The van der Waals surface area contributed by atoms with Gasteiger partial charge in [-0.15, -0.1) is 0 Å². The van der Waals surface area contributed by atoms with E-state index in [0.717, 1.165) is 19.6 Å². The van der Waals surface area contributed by atoms with Crippen molar-refractivity contribution in [2.24, 2.45) is 5.41 Å². The molecule has 2 heterocycles. The second-order valence-electron chi connectivity index (χ2n) is 5.05. The molecule has 0 unspecified atom stereocenters. The number of carbonyl (C=O) groups excluding carboxylic acids is 1. The number of piperidine rings is 1. The highest BCUT2D eigenvalue weighted by Crippen LogP contribution is 2.32. The minimum absolute atomic E-state index is 0.322. The van der Waals surface area contributed by atoms with E-state index < -0.39 is 5.41 Å². The van der Waals surface area contributed by atoms with Crippen LogP contribution in [0.3, 0.4) is 0 Å². The second kappa shape index (κ2) is 6.49. The Kier molecular flexibility index (Phi) is 4.70. The average Bonchev–Trinajstić information content (AvgIpc) is 2.49. The van der Waals surface area contributed by atoms with E-state index in [1.54, 1.807) is 19.3 Å². The zero-order valence-corrected chi connectivity index (χ0v) is 11.7. The molecule has 0 amide bonds. The monoisotopic (exact) mass is 273 g/mol. The molecule has 0 saturated carbocycles. The van der Waals surface area contributed by atoms with Crippen molar-refractivity contribution in [1.82, 2.24) is 9.88 Å². The number of aromatic nitrogens is 1. The number of rotatable bonds is 4. The summed E-state index contributed by atoms with van der Waals surface area (Å²) in [4.78, 5) is 18.2. The summed E-state index contributed by atoms with van der Waals surface area (Å²) in [7, 11) is 0. The topological polar surface area (TPSA) is 66.2 Å². The Labute approximate surface area is 119 Å². The van der Waals surface area contributed by atoms with Crippen molar-refractivity contribution >= 4 is 5.97 Å². The van der Waals surface area contributed by atoms with E-state index in [4.69, 9.17) is 4.74 Å². The Hall–Kier alpha value is -1.93. The van der Waals surface area contributed by atoms with Crippen molar-refractivity contribution in [3.8, 4) is 6.07 Å². The second-order valence-corrected chi connectivity index (χ2v) is 5.05. The fourth-order valence-corrected chi connectivity index (χ4v) is 2.47. The molecule has 0 N–H and O–H groups in total. The van der Waals surface area contributed by atoms with Crippen molar-refractivity contribution in [3.05, 3.63) is 30.1 Å². The van der Waals surface area contributed by atoms with Crippen molar-refractivity contribution in [2.45, 2.75) is 26.3 Å². The predicted molar refractivity (Wildman–Crippen MR) is 73.4 cm³/mol.